The number of nitrogens with two attached hydrogens (primary N) is 1. The molecule has 0 bridgehead atoms. The van der Waals surface area contributed by atoms with Gasteiger partial charge in [-0.1, -0.05) is 13.8 Å². The van der Waals surface area contributed by atoms with E-state index in [2.05, 4.69) is 19.2 Å². The van der Waals surface area contributed by atoms with E-state index in [1.54, 1.807) is 6.92 Å². The van der Waals surface area contributed by atoms with E-state index in [1.165, 1.54) is 0 Å². The molecule has 0 saturated heterocycles. The molecule has 0 fully saturated rings. The summed E-state index contributed by atoms with van der Waals surface area (Å²) in [4.78, 5) is 11.2. The lowest BCUT2D eigenvalue weighted by Crippen LogP contribution is -2.42. The summed E-state index contributed by atoms with van der Waals surface area (Å²) in [5, 5.41) is 2.87. The fourth-order valence-electron chi connectivity index (χ4n) is 1.03. The van der Waals surface area contributed by atoms with Gasteiger partial charge in [0.2, 0.25) is 5.91 Å². The molecule has 0 saturated carbocycles. The van der Waals surface area contributed by atoms with Crippen LogP contribution >= 0.6 is 0 Å². The Kier molecular flexibility index (Phi) is 5.71. The van der Waals surface area contributed by atoms with Crippen molar-refractivity contribution < 1.29 is 4.79 Å². The highest BCUT2D eigenvalue weighted by molar-refractivity contribution is 5.81. The lowest BCUT2D eigenvalue weighted by atomic mass is 10.0. The summed E-state index contributed by atoms with van der Waals surface area (Å²) < 4.78 is 0. The minimum absolute atomic E-state index is 0.0590. The maximum Gasteiger partial charge on any atom is 0.236 e. The van der Waals surface area contributed by atoms with Crippen molar-refractivity contribution >= 4 is 5.91 Å². The largest absolute Gasteiger partial charge is 0.352 e. The lowest BCUT2D eigenvalue weighted by Gasteiger charge is -2.16. The van der Waals surface area contributed by atoms with Crippen molar-refractivity contribution in [2.24, 2.45) is 11.7 Å². The Bertz CT molecular complexity index is 155. The topological polar surface area (TPSA) is 55.1 Å². The number of hydrogen-bond donors (Lipinski definition) is 2. The predicted octanol–water partition coefficient (Wildman–Crippen LogP) is 1.27. The van der Waals surface area contributed by atoms with Crippen LogP contribution < -0.4 is 11.1 Å². The first-order valence-electron chi connectivity index (χ1n) is 4.99. The van der Waals surface area contributed by atoms with Crippen LogP contribution in [0.15, 0.2) is 0 Å². The fourth-order valence-corrected chi connectivity index (χ4v) is 1.03. The van der Waals surface area contributed by atoms with Crippen LogP contribution in [0.1, 0.15) is 40.5 Å². The molecule has 0 heterocycles. The Morgan fingerprint density at radius 1 is 1.23 bits per heavy atom. The predicted molar refractivity (Wildman–Crippen MR) is 55.3 cm³/mol. The molecule has 0 aliphatic heterocycles. The molecule has 13 heavy (non-hydrogen) atoms. The summed E-state index contributed by atoms with van der Waals surface area (Å²) >= 11 is 0. The number of amides is 1. The maximum absolute atomic E-state index is 11.2. The second kappa shape index (κ2) is 5.97. The van der Waals surface area contributed by atoms with Gasteiger partial charge in [0.05, 0.1) is 6.04 Å². The van der Waals surface area contributed by atoms with Gasteiger partial charge >= 0.3 is 0 Å². The van der Waals surface area contributed by atoms with Gasteiger partial charge in [-0.3, -0.25) is 4.79 Å². The van der Waals surface area contributed by atoms with Crippen molar-refractivity contribution in [2.45, 2.75) is 52.6 Å². The normalized spacial score (nSPS) is 15.5. The summed E-state index contributed by atoms with van der Waals surface area (Å²) in [5.41, 5.74) is 5.43. The minimum Gasteiger partial charge on any atom is -0.352 e. The minimum atomic E-state index is -0.401. The number of carbonyl (C=O) groups is 1. The van der Waals surface area contributed by atoms with Gasteiger partial charge in [0.1, 0.15) is 0 Å². The zero-order valence-corrected chi connectivity index (χ0v) is 9.13. The molecule has 78 valence electrons. The molecule has 0 rings (SSSR count). The SMILES string of the molecule is CC(C)CCC(C)NC(=O)[C@H](C)N. The van der Waals surface area contributed by atoms with Crippen LogP contribution in [0.4, 0.5) is 0 Å². The highest BCUT2D eigenvalue weighted by Gasteiger charge is 2.10. The van der Waals surface area contributed by atoms with Crippen LogP contribution in [0, 0.1) is 5.92 Å². The summed E-state index contributed by atoms with van der Waals surface area (Å²) in [6.07, 6.45) is 2.16. The van der Waals surface area contributed by atoms with Crippen molar-refractivity contribution in [1.29, 1.82) is 0 Å². The van der Waals surface area contributed by atoms with E-state index in [1.807, 2.05) is 6.92 Å². The van der Waals surface area contributed by atoms with Gasteiger partial charge in [0.15, 0.2) is 0 Å². The Hall–Kier alpha value is -0.570. The number of rotatable bonds is 5. The van der Waals surface area contributed by atoms with Crippen LogP contribution in [0.5, 0.6) is 0 Å². The lowest BCUT2D eigenvalue weighted by molar-refractivity contribution is -0.122. The van der Waals surface area contributed by atoms with E-state index in [0.29, 0.717) is 5.92 Å². The first kappa shape index (κ1) is 12.4. The average Bonchev–Trinajstić information content (AvgIpc) is 2.00. The molecule has 0 aromatic rings. The molecule has 2 atom stereocenters. The van der Waals surface area contributed by atoms with E-state index < -0.39 is 6.04 Å². The van der Waals surface area contributed by atoms with E-state index >= 15 is 0 Å². The molecule has 3 N–H and O–H groups in total. The van der Waals surface area contributed by atoms with Crippen molar-refractivity contribution in [3.63, 3.8) is 0 Å². The first-order chi connectivity index (χ1) is 5.93. The number of carbonyl (C=O) groups excluding carboxylic acids is 1. The third kappa shape index (κ3) is 6.58. The molecule has 3 nitrogen and oxygen atoms in total. The Labute approximate surface area is 81.1 Å². The Balaban J connectivity index is 3.62. The zero-order chi connectivity index (χ0) is 10.4. The standard InChI is InChI=1S/C10H22N2O/c1-7(2)5-6-8(3)12-10(13)9(4)11/h7-9H,5-6,11H2,1-4H3,(H,12,13)/t8?,9-/m0/s1. The second-order valence-electron chi connectivity index (χ2n) is 4.17. The van der Waals surface area contributed by atoms with Gasteiger partial charge in [-0.25, -0.2) is 0 Å². The van der Waals surface area contributed by atoms with E-state index in [4.69, 9.17) is 5.73 Å². The molecule has 1 unspecified atom stereocenters. The molecular weight excluding hydrogens is 164 g/mol. The van der Waals surface area contributed by atoms with Crippen molar-refractivity contribution in [2.75, 3.05) is 0 Å². The third-order valence-corrected chi connectivity index (χ3v) is 1.98. The molecular formula is C10H22N2O. The van der Waals surface area contributed by atoms with Gasteiger partial charge in [0, 0.05) is 6.04 Å². The molecule has 0 aromatic carbocycles. The van der Waals surface area contributed by atoms with Crippen LogP contribution in [0.3, 0.4) is 0 Å². The first-order valence-corrected chi connectivity index (χ1v) is 4.99. The molecule has 0 radical (unpaired) electrons. The van der Waals surface area contributed by atoms with Gasteiger partial charge in [-0.05, 0) is 32.6 Å². The molecule has 0 spiro atoms. The monoisotopic (exact) mass is 186 g/mol. The van der Waals surface area contributed by atoms with Crippen molar-refractivity contribution in [3.05, 3.63) is 0 Å². The van der Waals surface area contributed by atoms with Gasteiger partial charge in [-0.2, -0.15) is 0 Å². The summed E-state index contributed by atoms with van der Waals surface area (Å²) in [7, 11) is 0. The van der Waals surface area contributed by atoms with Crippen LogP contribution in [0.25, 0.3) is 0 Å². The summed E-state index contributed by atoms with van der Waals surface area (Å²) in [6, 6.07) is -0.164. The van der Waals surface area contributed by atoms with Crippen LogP contribution in [-0.4, -0.2) is 18.0 Å². The highest BCUT2D eigenvalue weighted by atomic mass is 16.2. The maximum atomic E-state index is 11.2. The molecule has 0 aliphatic rings. The van der Waals surface area contributed by atoms with E-state index in [9.17, 15) is 4.79 Å². The fraction of sp³-hybridized carbons (Fsp3) is 0.900. The van der Waals surface area contributed by atoms with Crippen LogP contribution in [0.2, 0.25) is 0 Å². The third-order valence-electron chi connectivity index (χ3n) is 1.98. The number of nitrogens with one attached hydrogen (secondary N) is 1. The highest BCUT2D eigenvalue weighted by Crippen LogP contribution is 2.06. The van der Waals surface area contributed by atoms with Gasteiger partial charge in [0.25, 0.3) is 0 Å². The van der Waals surface area contributed by atoms with Crippen LogP contribution in [-0.2, 0) is 4.79 Å². The molecule has 3 heteroatoms. The number of hydrogen-bond acceptors (Lipinski definition) is 2. The smallest absolute Gasteiger partial charge is 0.236 e. The van der Waals surface area contributed by atoms with E-state index in [0.717, 1.165) is 12.8 Å². The zero-order valence-electron chi connectivity index (χ0n) is 9.13. The van der Waals surface area contributed by atoms with Gasteiger partial charge in [-0.15, -0.1) is 0 Å². The molecule has 0 aromatic heterocycles. The van der Waals surface area contributed by atoms with Crippen molar-refractivity contribution in [3.8, 4) is 0 Å². The second-order valence-corrected chi connectivity index (χ2v) is 4.17. The Morgan fingerprint density at radius 3 is 2.15 bits per heavy atom. The van der Waals surface area contributed by atoms with E-state index in [-0.39, 0.29) is 11.9 Å². The summed E-state index contributed by atoms with van der Waals surface area (Å²) in [5.74, 6) is 0.630. The summed E-state index contributed by atoms with van der Waals surface area (Å²) in [6.45, 7) is 8.08. The Morgan fingerprint density at radius 2 is 1.77 bits per heavy atom. The molecule has 1 amide bonds. The quantitative estimate of drug-likeness (QED) is 0.679. The molecule has 0 aliphatic carbocycles. The average molecular weight is 186 g/mol. The van der Waals surface area contributed by atoms with Crippen molar-refractivity contribution in [1.82, 2.24) is 5.32 Å². The van der Waals surface area contributed by atoms with Gasteiger partial charge < -0.3 is 11.1 Å².